The lowest BCUT2D eigenvalue weighted by Crippen LogP contribution is -2.12. The lowest BCUT2D eigenvalue weighted by atomic mass is 9.76. The van der Waals surface area contributed by atoms with Gasteiger partial charge in [-0.15, -0.1) is 0 Å². The fourth-order valence-corrected chi connectivity index (χ4v) is 18.2. The van der Waals surface area contributed by atoms with E-state index in [0.717, 1.165) is 73.1 Å². The Morgan fingerprint density at radius 2 is 0.679 bits per heavy atom. The number of fused-ring (bicyclic) bond motifs is 6. The Kier molecular flexibility index (Phi) is 17.8. The van der Waals surface area contributed by atoms with Crippen LogP contribution >= 0.6 is 0 Å². The maximum Gasteiger partial charge on any atom is 0.160 e. The average Bonchev–Trinajstić information content (AvgIpc) is 0.743. The summed E-state index contributed by atoms with van der Waals surface area (Å²) < 4.78 is 0. The van der Waals surface area contributed by atoms with E-state index in [1.54, 1.807) is 0 Å². The van der Waals surface area contributed by atoms with Gasteiger partial charge in [0.2, 0.25) is 0 Å². The monoisotopic (exact) mass is 1410 g/mol. The smallest absolute Gasteiger partial charge is 0.160 e. The van der Waals surface area contributed by atoms with Crippen molar-refractivity contribution in [2.24, 2.45) is 5.92 Å². The molecule has 3 heterocycles. The molecule has 13 aromatic carbocycles. The molecule has 5 heteroatoms. The first kappa shape index (κ1) is 69.7. The van der Waals surface area contributed by atoms with E-state index >= 15 is 0 Å². The minimum Gasteiger partial charge on any atom is -0.265 e. The second-order valence-electron chi connectivity index (χ2n) is 31.0. The molecule has 5 nitrogen and oxygen atoms in total. The van der Waals surface area contributed by atoms with Crippen LogP contribution in [0.25, 0.3) is 161 Å². The number of hydrogen-bond donors (Lipinski definition) is 0. The number of pyridine rings is 1. The molecule has 16 aromatic rings. The lowest BCUT2D eigenvalue weighted by molar-refractivity contribution is 0.641. The van der Waals surface area contributed by atoms with Gasteiger partial charge in [0, 0.05) is 51.7 Å². The molecule has 0 aliphatic heterocycles. The Bertz CT molecular complexity index is 6310. The van der Waals surface area contributed by atoms with E-state index in [-0.39, 0.29) is 11.8 Å². The second kappa shape index (κ2) is 27.8. The highest BCUT2D eigenvalue weighted by molar-refractivity contribution is 6.16. The van der Waals surface area contributed by atoms with Gasteiger partial charge < -0.3 is 0 Å². The quantitative estimate of drug-likeness (QED) is 0.114. The zero-order valence-corrected chi connectivity index (χ0v) is 65.1. The van der Waals surface area contributed by atoms with Crippen LogP contribution in [-0.4, -0.2) is 24.9 Å². The van der Waals surface area contributed by atoms with Crippen LogP contribution < -0.4 is 0 Å². The highest BCUT2D eigenvalue weighted by Gasteiger charge is 2.28. The molecular formula is C104H89N5. The van der Waals surface area contributed by atoms with Crippen LogP contribution in [0.5, 0.6) is 0 Å². The molecule has 0 radical (unpaired) electrons. The standard InChI is InChI=1S/C104H89N5/c1-58-45-65(8)99(66(9)46-58)75-37-33-73(34-38-75)95-56-96(74-35-39-76(40-36-74)100-67(10)47-59(2)48-68(100)11)107-104(106-95)102-71(14)69(12)101(70(13)72(102)15)79-32-31-60(3)89(54-79)86-30-22-29-85-82-26-19-21-28-84(82)94(55-93(85)86)88-50-64(7)91(52-62(88)5)98-57-97(108-103(109-98)77-41-43-105-44-42-77)90-51-61(4)87(49-63(90)6)92-53-78-23-16-17-24-80(78)81-25-18-20-27-83(81)92/h16-57,60,89H,1-15H3. The number of allylic oxidation sites excluding steroid dienone is 4. The van der Waals surface area contributed by atoms with Crippen LogP contribution in [0, 0.1) is 103 Å². The molecule has 3 aromatic heterocycles. The van der Waals surface area contributed by atoms with Gasteiger partial charge in [-0.3, -0.25) is 4.98 Å². The Labute approximate surface area is 641 Å². The third kappa shape index (κ3) is 12.5. The van der Waals surface area contributed by atoms with Crippen molar-refractivity contribution >= 4 is 48.7 Å². The fourth-order valence-electron chi connectivity index (χ4n) is 18.2. The zero-order valence-electron chi connectivity index (χ0n) is 65.1. The number of aromatic nitrogens is 5. The summed E-state index contributed by atoms with van der Waals surface area (Å²) in [6.07, 6.45) is 11.0. The molecule has 0 fully saturated rings. The summed E-state index contributed by atoms with van der Waals surface area (Å²) in [7, 11) is 0. The average molecular weight is 1410 g/mol. The summed E-state index contributed by atoms with van der Waals surface area (Å²) >= 11 is 0. The number of aryl methyl sites for hydroxylation is 10. The highest BCUT2D eigenvalue weighted by atomic mass is 14.9. The topological polar surface area (TPSA) is 64.5 Å². The van der Waals surface area contributed by atoms with E-state index in [0.29, 0.717) is 5.82 Å². The van der Waals surface area contributed by atoms with Gasteiger partial charge in [-0.1, -0.05) is 212 Å². The van der Waals surface area contributed by atoms with Gasteiger partial charge in [0.25, 0.3) is 0 Å². The van der Waals surface area contributed by atoms with Crippen molar-refractivity contribution in [2.45, 2.75) is 110 Å². The first-order valence-corrected chi connectivity index (χ1v) is 38.4. The summed E-state index contributed by atoms with van der Waals surface area (Å²) in [4.78, 5) is 26.3. The predicted octanol–water partition coefficient (Wildman–Crippen LogP) is 27.6. The van der Waals surface area contributed by atoms with Gasteiger partial charge in [-0.2, -0.15) is 0 Å². The highest BCUT2D eigenvalue weighted by Crippen LogP contribution is 2.48. The van der Waals surface area contributed by atoms with E-state index < -0.39 is 0 Å². The van der Waals surface area contributed by atoms with Crippen molar-refractivity contribution < 1.29 is 0 Å². The summed E-state index contributed by atoms with van der Waals surface area (Å²) in [5, 5.41) is 10.00. The molecule has 17 rings (SSSR count). The predicted molar refractivity (Wildman–Crippen MR) is 462 cm³/mol. The summed E-state index contributed by atoms with van der Waals surface area (Å²) in [6, 6.07) is 83.3. The first-order valence-electron chi connectivity index (χ1n) is 38.4. The van der Waals surface area contributed by atoms with Gasteiger partial charge >= 0.3 is 0 Å². The summed E-state index contributed by atoms with van der Waals surface area (Å²) in [5.41, 5.74) is 40.6. The Hall–Kier alpha value is -12.3. The van der Waals surface area contributed by atoms with Crippen LogP contribution in [0.1, 0.15) is 102 Å². The molecule has 0 saturated heterocycles. The minimum absolute atomic E-state index is 0.0868. The van der Waals surface area contributed by atoms with E-state index in [1.807, 2.05) is 24.5 Å². The molecule has 0 N–H and O–H groups in total. The summed E-state index contributed by atoms with van der Waals surface area (Å²) in [5.74, 6) is 1.71. The maximum absolute atomic E-state index is 5.57. The van der Waals surface area contributed by atoms with Crippen LogP contribution in [0.15, 0.2) is 255 Å². The van der Waals surface area contributed by atoms with Gasteiger partial charge in [-0.05, 0) is 322 Å². The molecule has 2 unspecified atom stereocenters. The lowest BCUT2D eigenvalue weighted by Gasteiger charge is -2.28. The molecule has 1 aliphatic rings. The van der Waals surface area contributed by atoms with Gasteiger partial charge in [0.15, 0.2) is 11.6 Å². The van der Waals surface area contributed by atoms with E-state index in [2.05, 4.69) is 339 Å². The van der Waals surface area contributed by atoms with Gasteiger partial charge in [0.05, 0.1) is 22.8 Å². The van der Waals surface area contributed by atoms with E-state index in [9.17, 15) is 0 Å². The third-order valence-electron chi connectivity index (χ3n) is 23.7. The number of nitrogens with zero attached hydrogens (tertiary/aromatic N) is 5. The van der Waals surface area contributed by atoms with Crippen LogP contribution in [-0.2, 0) is 0 Å². The number of rotatable bonds is 12. The minimum atomic E-state index is 0.0868. The zero-order chi connectivity index (χ0) is 75.4. The SMILES string of the molecule is Cc1cc(C)c(-c2ccc(-c3cc(-c4ccc(-c5c(C)cc(C)cc5C)cc4)nc(-c4c(C)c(C)c(C5=CC(c6cccc7c6cc(-c6cc(C)c(-c8cc(-c9cc(C)c(-c%10cc%11ccccc%11c%11ccccc%10%11)cc9C)nc(-c9ccncc9)n8)cc6C)c6ccccc67)C(C)C=C5)c(C)c4C)n3)cc2)c(C)c1. The van der Waals surface area contributed by atoms with Crippen LogP contribution in [0.2, 0.25) is 0 Å². The largest absolute Gasteiger partial charge is 0.265 e. The molecule has 2 atom stereocenters. The normalized spacial score (nSPS) is 13.7. The number of benzene rings is 13. The maximum atomic E-state index is 5.57. The second-order valence-corrected chi connectivity index (χ2v) is 31.0. The van der Waals surface area contributed by atoms with Crippen molar-refractivity contribution in [3.05, 3.63) is 344 Å². The van der Waals surface area contributed by atoms with Crippen LogP contribution in [0.4, 0.5) is 0 Å². The van der Waals surface area contributed by atoms with Crippen LogP contribution in [0.3, 0.4) is 0 Å². The molecule has 0 saturated carbocycles. The molecule has 0 spiro atoms. The van der Waals surface area contributed by atoms with E-state index in [1.165, 1.54) is 171 Å². The molecule has 0 bridgehead atoms. The van der Waals surface area contributed by atoms with Crippen molar-refractivity contribution in [3.8, 4) is 112 Å². The summed E-state index contributed by atoms with van der Waals surface area (Å²) in [6.45, 7) is 33.7. The molecular weight excluding hydrogens is 1320 g/mol. The molecule has 1 aliphatic carbocycles. The van der Waals surface area contributed by atoms with Gasteiger partial charge in [-0.25, -0.2) is 19.9 Å². The Balaban J connectivity index is 0.741. The molecule has 0 amide bonds. The Morgan fingerprint density at radius 3 is 1.20 bits per heavy atom. The van der Waals surface area contributed by atoms with Gasteiger partial charge in [0.1, 0.15) is 0 Å². The molecule has 530 valence electrons. The third-order valence-corrected chi connectivity index (χ3v) is 23.7. The number of hydrogen-bond acceptors (Lipinski definition) is 5. The van der Waals surface area contributed by atoms with Crippen molar-refractivity contribution in [2.75, 3.05) is 0 Å². The molecule has 109 heavy (non-hydrogen) atoms. The fraction of sp³-hybridized carbons (Fsp3) is 0.163. The first-order chi connectivity index (χ1) is 52.7. The van der Waals surface area contributed by atoms with Crippen molar-refractivity contribution in [3.63, 3.8) is 0 Å². The Morgan fingerprint density at radius 1 is 0.275 bits per heavy atom. The van der Waals surface area contributed by atoms with Crippen molar-refractivity contribution in [1.82, 2.24) is 24.9 Å². The van der Waals surface area contributed by atoms with Crippen molar-refractivity contribution in [1.29, 1.82) is 0 Å². The van der Waals surface area contributed by atoms with E-state index in [4.69, 9.17) is 19.9 Å².